The average molecular weight is 234 g/mol. The van der Waals surface area contributed by atoms with Gasteiger partial charge >= 0.3 is 0 Å². The maximum atomic E-state index is 5.67. The van der Waals surface area contributed by atoms with Gasteiger partial charge in [0.05, 0.1) is 12.3 Å². The van der Waals surface area contributed by atoms with Crippen molar-refractivity contribution >= 4 is 16.5 Å². The van der Waals surface area contributed by atoms with E-state index in [2.05, 4.69) is 11.9 Å². The lowest BCUT2D eigenvalue weighted by molar-refractivity contribution is 0.318. The molecule has 0 unspecified atom stereocenters. The smallest absolute Gasteiger partial charge is 0.180 e. The molecular weight excluding hydrogens is 220 g/mol. The Bertz CT molecular complexity index is 468. The summed E-state index contributed by atoms with van der Waals surface area (Å²) in [6.45, 7) is 2.81. The van der Waals surface area contributed by atoms with Crippen LogP contribution < -0.4 is 10.5 Å². The van der Waals surface area contributed by atoms with Crippen LogP contribution in [0.5, 0.6) is 5.75 Å². The number of aromatic nitrogens is 1. The van der Waals surface area contributed by atoms with Crippen LogP contribution in [0.25, 0.3) is 11.3 Å². The summed E-state index contributed by atoms with van der Waals surface area (Å²) in [6, 6.07) is 7.90. The maximum Gasteiger partial charge on any atom is 0.180 e. The molecule has 0 spiro atoms. The van der Waals surface area contributed by atoms with Crippen LogP contribution in [0.2, 0.25) is 0 Å². The van der Waals surface area contributed by atoms with E-state index in [4.69, 9.17) is 10.5 Å². The zero-order valence-electron chi connectivity index (χ0n) is 9.14. The first-order valence-electron chi connectivity index (χ1n) is 5.24. The number of nitrogens with two attached hydrogens (primary N) is 1. The molecule has 0 atom stereocenters. The minimum Gasteiger partial charge on any atom is -0.493 e. The van der Waals surface area contributed by atoms with E-state index in [0.29, 0.717) is 5.13 Å². The molecule has 4 heteroatoms. The maximum absolute atomic E-state index is 5.67. The molecule has 0 radical (unpaired) electrons. The first kappa shape index (κ1) is 11.0. The van der Waals surface area contributed by atoms with Crippen LogP contribution in [0.1, 0.15) is 13.3 Å². The Morgan fingerprint density at radius 1 is 1.38 bits per heavy atom. The topological polar surface area (TPSA) is 48.1 Å². The van der Waals surface area contributed by atoms with Crippen molar-refractivity contribution in [1.82, 2.24) is 4.98 Å². The number of para-hydroxylation sites is 1. The average Bonchev–Trinajstić information content (AvgIpc) is 2.73. The fourth-order valence-corrected chi connectivity index (χ4v) is 1.99. The van der Waals surface area contributed by atoms with Crippen LogP contribution in [-0.2, 0) is 0 Å². The van der Waals surface area contributed by atoms with Crippen molar-refractivity contribution in [2.24, 2.45) is 0 Å². The van der Waals surface area contributed by atoms with Crippen molar-refractivity contribution in [2.75, 3.05) is 12.3 Å². The SMILES string of the molecule is CCCOc1ccccc1-c1csc(N)n1. The molecule has 16 heavy (non-hydrogen) atoms. The van der Waals surface area contributed by atoms with Gasteiger partial charge in [0.15, 0.2) is 5.13 Å². The van der Waals surface area contributed by atoms with Gasteiger partial charge in [0.2, 0.25) is 0 Å². The number of hydrogen-bond acceptors (Lipinski definition) is 4. The summed E-state index contributed by atoms with van der Waals surface area (Å²) in [5, 5.41) is 2.53. The fraction of sp³-hybridized carbons (Fsp3) is 0.250. The highest BCUT2D eigenvalue weighted by atomic mass is 32.1. The lowest BCUT2D eigenvalue weighted by Crippen LogP contribution is -1.96. The molecule has 0 aliphatic carbocycles. The van der Waals surface area contributed by atoms with Gasteiger partial charge in [-0.15, -0.1) is 11.3 Å². The summed E-state index contributed by atoms with van der Waals surface area (Å²) in [5.41, 5.74) is 7.52. The standard InChI is InChI=1S/C12H14N2OS/c1-2-7-15-11-6-4-3-5-9(11)10-8-16-12(13)14-10/h3-6,8H,2,7H2,1H3,(H2,13,14). The minimum absolute atomic E-state index is 0.584. The van der Waals surface area contributed by atoms with Gasteiger partial charge in [0.1, 0.15) is 5.75 Å². The predicted octanol–water partition coefficient (Wildman–Crippen LogP) is 3.18. The van der Waals surface area contributed by atoms with E-state index in [1.807, 2.05) is 29.6 Å². The minimum atomic E-state index is 0.584. The largest absolute Gasteiger partial charge is 0.493 e. The van der Waals surface area contributed by atoms with E-state index >= 15 is 0 Å². The third kappa shape index (κ3) is 2.33. The second kappa shape index (κ2) is 4.99. The molecule has 2 N–H and O–H groups in total. The quantitative estimate of drug-likeness (QED) is 0.883. The number of hydrogen-bond donors (Lipinski definition) is 1. The number of nitrogens with zero attached hydrogens (tertiary/aromatic N) is 1. The first-order chi connectivity index (χ1) is 7.81. The molecule has 0 amide bonds. The van der Waals surface area contributed by atoms with Crippen molar-refractivity contribution in [3.05, 3.63) is 29.6 Å². The lowest BCUT2D eigenvalue weighted by Gasteiger charge is -2.08. The zero-order chi connectivity index (χ0) is 11.4. The Labute approximate surface area is 98.9 Å². The molecule has 0 aliphatic heterocycles. The van der Waals surface area contributed by atoms with Crippen LogP contribution in [-0.4, -0.2) is 11.6 Å². The molecule has 0 saturated heterocycles. The number of thiazole rings is 1. The molecule has 2 aromatic rings. The Morgan fingerprint density at radius 2 is 2.19 bits per heavy atom. The van der Waals surface area contributed by atoms with Crippen molar-refractivity contribution < 1.29 is 4.74 Å². The van der Waals surface area contributed by atoms with Gasteiger partial charge in [-0.1, -0.05) is 19.1 Å². The highest BCUT2D eigenvalue weighted by Gasteiger charge is 2.08. The Hall–Kier alpha value is -1.55. The molecule has 1 aromatic heterocycles. The number of rotatable bonds is 4. The number of ether oxygens (including phenoxy) is 1. The Kier molecular flexibility index (Phi) is 3.41. The van der Waals surface area contributed by atoms with E-state index in [-0.39, 0.29) is 0 Å². The van der Waals surface area contributed by atoms with Crippen LogP contribution in [0, 0.1) is 0 Å². The zero-order valence-corrected chi connectivity index (χ0v) is 9.96. The number of nitrogen functional groups attached to an aromatic ring is 1. The molecule has 84 valence electrons. The van der Waals surface area contributed by atoms with Crippen LogP contribution in [0.4, 0.5) is 5.13 Å². The second-order valence-electron chi connectivity index (χ2n) is 3.42. The van der Waals surface area contributed by atoms with Gasteiger partial charge in [-0.2, -0.15) is 0 Å². The molecule has 0 bridgehead atoms. The van der Waals surface area contributed by atoms with Gasteiger partial charge in [-0.25, -0.2) is 4.98 Å². The third-order valence-corrected chi connectivity index (χ3v) is 2.82. The fourth-order valence-electron chi connectivity index (χ4n) is 1.43. The lowest BCUT2D eigenvalue weighted by atomic mass is 10.1. The van der Waals surface area contributed by atoms with Crippen LogP contribution >= 0.6 is 11.3 Å². The van der Waals surface area contributed by atoms with Gasteiger partial charge in [-0.05, 0) is 18.6 Å². The van der Waals surface area contributed by atoms with Crippen molar-refractivity contribution in [3.8, 4) is 17.0 Å². The molecular formula is C12H14N2OS. The summed E-state index contributed by atoms with van der Waals surface area (Å²) in [6.07, 6.45) is 0.994. The van der Waals surface area contributed by atoms with Crippen molar-refractivity contribution in [3.63, 3.8) is 0 Å². The summed E-state index contributed by atoms with van der Waals surface area (Å²) in [5.74, 6) is 0.870. The summed E-state index contributed by atoms with van der Waals surface area (Å²) >= 11 is 1.44. The highest BCUT2D eigenvalue weighted by Crippen LogP contribution is 2.31. The molecule has 0 aliphatic rings. The number of anilines is 1. The molecule has 3 nitrogen and oxygen atoms in total. The normalized spacial score (nSPS) is 10.3. The van der Waals surface area contributed by atoms with E-state index in [1.165, 1.54) is 11.3 Å². The highest BCUT2D eigenvalue weighted by molar-refractivity contribution is 7.13. The molecule has 1 heterocycles. The molecule has 0 fully saturated rings. The molecule has 0 saturated carbocycles. The summed E-state index contributed by atoms with van der Waals surface area (Å²) in [7, 11) is 0. The first-order valence-corrected chi connectivity index (χ1v) is 6.12. The molecule has 2 rings (SSSR count). The van der Waals surface area contributed by atoms with Gasteiger partial charge in [-0.3, -0.25) is 0 Å². The summed E-state index contributed by atoms with van der Waals surface area (Å²) < 4.78 is 5.67. The van der Waals surface area contributed by atoms with Gasteiger partial charge < -0.3 is 10.5 Å². The van der Waals surface area contributed by atoms with E-state index in [0.717, 1.165) is 30.0 Å². The molecule has 1 aromatic carbocycles. The Balaban J connectivity index is 2.32. The monoisotopic (exact) mass is 234 g/mol. The second-order valence-corrected chi connectivity index (χ2v) is 4.31. The third-order valence-electron chi connectivity index (χ3n) is 2.15. The van der Waals surface area contributed by atoms with E-state index in [1.54, 1.807) is 0 Å². The van der Waals surface area contributed by atoms with E-state index in [9.17, 15) is 0 Å². The van der Waals surface area contributed by atoms with Crippen molar-refractivity contribution in [2.45, 2.75) is 13.3 Å². The number of benzene rings is 1. The Morgan fingerprint density at radius 3 is 2.88 bits per heavy atom. The van der Waals surface area contributed by atoms with Crippen LogP contribution in [0.15, 0.2) is 29.6 Å². The van der Waals surface area contributed by atoms with Gasteiger partial charge in [0, 0.05) is 10.9 Å². The van der Waals surface area contributed by atoms with Gasteiger partial charge in [0.25, 0.3) is 0 Å². The van der Waals surface area contributed by atoms with Crippen LogP contribution in [0.3, 0.4) is 0 Å². The summed E-state index contributed by atoms with van der Waals surface area (Å²) in [4.78, 5) is 4.27. The van der Waals surface area contributed by atoms with E-state index < -0.39 is 0 Å². The van der Waals surface area contributed by atoms with Crippen molar-refractivity contribution in [1.29, 1.82) is 0 Å². The predicted molar refractivity (Wildman–Crippen MR) is 67.7 cm³/mol.